The van der Waals surface area contributed by atoms with Gasteiger partial charge in [-0.05, 0) is 30.7 Å². The largest absolute Gasteiger partial charge is 0.506 e. The van der Waals surface area contributed by atoms with Gasteiger partial charge in [-0.2, -0.15) is 0 Å². The molecule has 3 rings (SSSR count). The summed E-state index contributed by atoms with van der Waals surface area (Å²) in [5.41, 5.74) is 0.642. The molecule has 18 heavy (non-hydrogen) atoms. The van der Waals surface area contributed by atoms with Crippen molar-refractivity contribution in [2.75, 3.05) is 0 Å². The summed E-state index contributed by atoms with van der Waals surface area (Å²) >= 11 is 0. The molecule has 0 saturated heterocycles. The van der Waals surface area contributed by atoms with E-state index in [-0.39, 0.29) is 11.3 Å². The topological polar surface area (TPSA) is 63.6 Å². The van der Waals surface area contributed by atoms with Crippen LogP contribution in [0.5, 0.6) is 5.75 Å². The molecule has 1 N–H and O–H groups in total. The van der Waals surface area contributed by atoms with Gasteiger partial charge in [0.2, 0.25) is 0 Å². The second-order valence-corrected chi connectivity index (χ2v) is 4.04. The maximum Gasteiger partial charge on any atom is 0.351 e. The van der Waals surface area contributed by atoms with E-state index in [0.717, 1.165) is 5.56 Å². The summed E-state index contributed by atoms with van der Waals surface area (Å²) in [6.07, 6.45) is 1.44. The van der Waals surface area contributed by atoms with Crippen molar-refractivity contribution in [3.05, 3.63) is 52.6 Å². The highest BCUT2D eigenvalue weighted by molar-refractivity contribution is 5.90. The number of para-hydroxylation sites is 1. The maximum absolute atomic E-state index is 11.9. The van der Waals surface area contributed by atoms with Gasteiger partial charge in [-0.1, -0.05) is 12.1 Å². The van der Waals surface area contributed by atoms with E-state index in [9.17, 15) is 9.90 Å². The minimum absolute atomic E-state index is 0.0538. The Morgan fingerprint density at radius 3 is 2.72 bits per heavy atom. The molecular weight excluding hydrogens is 232 g/mol. The van der Waals surface area contributed by atoms with Gasteiger partial charge in [-0.3, -0.25) is 0 Å². The third-order valence-corrected chi connectivity index (χ3v) is 2.87. The molecule has 2 heterocycles. The van der Waals surface area contributed by atoms with Crippen molar-refractivity contribution in [3.63, 3.8) is 0 Å². The normalized spacial score (nSPS) is 10.9. The van der Waals surface area contributed by atoms with Gasteiger partial charge in [0, 0.05) is 0 Å². The van der Waals surface area contributed by atoms with E-state index in [4.69, 9.17) is 8.83 Å². The third-order valence-electron chi connectivity index (χ3n) is 2.87. The maximum atomic E-state index is 11.9. The van der Waals surface area contributed by atoms with Crippen LogP contribution in [0.15, 0.2) is 50.2 Å². The molecule has 3 aromatic rings. The fourth-order valence-corrected chi connectivity index (χ4v) is 1.99. The number of hydrogen-bond acceptors (Lipinski definition) is 4. The number of furan rings is 1. The molecule has 1 aromatic carbocycles. The van der Waals surface area contributed by atoms with E-state index in [1.165, 1.54) is 6.26 Å². The number of hydrogen-bond donors (Lipinski definition) is 1. The Balaban J connectivity index is 2.46. The summed E-state index contributed by atoms with van der Waals surface area (Å²) in [6.45, 7) is 1.82. The first-order valence-electron chi connectivity index (χ1n) is 5.48. The van der Waals surface area contributed by atoms with Crippen molar-refractivity contribution in [2.45, 2.75) is 6.92 Å². The van der Waals surface area contributed by atoms with E-state index < -0.39 is 5.63 Å². The fourth-order valence-electron chi connectivity index (χ4n) is 1.99. The van der Waals surface area contributed by atoms with Crippen molar-refractivity contribution < 1.29 is 13.9 Å². The van der Waals surface area contributed by atoms with Crippen molar-refractivity contribution >= 4 is 11.0 Å². The molecule has 4 heteroatoms. The summed E-state index contributed by atoms with van der Waals surface area (Å²) in [4.78, 5) is 11.9. The van der Waals surface area contributed by atoms with Crippen LogP contribution in [0.2, 0.25) is 0 Å². The average Bonchev–Trinajstić information content (AvgIpc) is 2.84. The molecule has 0 radical (unpaired) electrons. The van der Waals surface area contributed by atoms with Crippen LogP contribution in [0.1, 0.15) is 5.56 Å². The first-order valence-corrected chi connectivity index (χ1v) is 5.48. The molecule has 0 amide bonds. The van der Waals surface area contributed by atoms with Gasteiger partial charge >= 0.3 is 5.63 Å². The fraction of sp³-hybridized carbons (Fsp3) is 0.0714. The molecule has 0 aliphatic heterocycles. The molecule has 4 nitrogen and oxygen atoms in total. The van der Waals surface area contributed by atoms with E-state index in [1.54, 1.807) is 24.3 Å². The predicted molar refractivity (Wildman–Crippen MR) is 66.6 cm³/mol. The van der Waals surface area contributed by atoms with E-state index in [2.05, 4.69) is 0 Å². The third kappa shape index (κ3) is 1.43. The monoisotopic (exact) mass is 242 g/mol. The highest BCUT2D eigenvalue weighted by Gasteiger charge is 2.18. The van der Waals surface area contributed by atoms with Crippen molar-refractivity contribution in [1.29, 1.82) is 0 Å². The summed E-state index contributed by atoms with van der Waals surface area (Å²) in [5, 5.41) is 10.7. The smallest absolute Gasteiger partial charge is 0.351 e. The zero-order valence-electron chi connectivity index (χ0n) is 9.64. The van der Waals surface area contributed by atoms with Crippen LogP contribution in [0.3, 0.4) is 0 Å². The van der Waals surface area contributed by atoms with Crippen LogP contribution in [0.25, 0.3) is 22.3 Å². The van der Waals surface area contributed by atoms with Gasteiger partial charge in [0.15, 0.2) is 0 Å². The highest BCUT2D eigenvalue weighted by atomic mass is 16.4. The van der Waals surface area contributed by atoms with E-state index >= 15 is 0 Å². The highest BCUT2D eigenvalue weighted by Crippen LogP contribution is 2.33. The van der Waals surface area contributed by atoms with Gasteiger partial charge < -0.3 is 13.9 Å². The summed E-state index contributed by atoms with van der Waals surface area (Å²) in [7, 11) is 0. The Morgan fingerprint density at radius 1 is 1.17 bits per heavy atom. The van der Waals surface area contributed by atoms with Crippen molar-refractivity contribution in [3.8, 4) is 17.1 Å². The molecule has 0 fully saturated rings. The standard InChI is InChI=1S/C14H10O4/c1-8-4-2-5-9-12(15)11(10-6-3-7-17-10)14(16)18-13(8)9/h2-7,15H,1H3. The molecule has 0 spiro atoms. The molecule has 0 bridgehead atoms. The quantitative estimate of drug-likeness (QED) is 0.666. The average molecular weight is 242 g/mol. The molecule has 0 aliphatic rings. The van der Waals surface area contributed by atoms with Crippen LogP contribution < -0.4 is 5.63 Å². The number of aromatic hydroxyl groups is 1. The van der Waals surface area contributed by atoms with Crippen LogP contribution in [-0.4, -0.2) is 5.11 Å². The Bertz CT molecular complexity index is 766. The number of aryl methyl sites for hydroxylation is 1. The first-order chi connectivity index (χ1) is 8.68. The van der Waals surface area contributed by atoms with Crippen LogP contribution in [0, 0.1) is 6.92 Å². The van der Waals surface area contributed by atoms with Gasteiger partial charge in [0.05, 0.1) is 11.6 Å². The Kier molecular flexibility index (Phi) is 2.23. The number of benzene rings is 1. The zero-order valence-corrected chi connectivity index (χ0v) is 9.64. The minimum atomic E-state index is -0.607. The number of rotatable bonds is 1. The summed E-state index contributed by atoms with van der Waals surface area (Å²) in [5.74, 6) is 0.185. The number of fused-ring (bicyclic) bond motifs is 1. The molecular formula is C14H10O4. The lowest BCUT2D eigenvalue weighted by Gasteiger charge is -2.05. The SMILES string of the molecule is Cc1cccc2c(O)c(-c3ccco3)c(=O)oc12. The second-order valence-electron chi connectivity index (χ2n) is 4.04. The van der Waals surface area contributed by atoms with E-state index in [1.807, 2.05) is 13.0 Å². The lowest BCUT2D eigenvalue weighted by Crippen LogP contribution is -2.03. The van der Waals surface area contributed by atoms with E-state index in [0.29, 0.717) is 16.7 Å². The minimum Gasteiger partial charge on any atom is -0.506 e. The molecule has 2 aromatic heterocycles. The Labute approximate surface area is 102 Å². The Hall–Kier alpha value is -2.49. The second kappa shape index (κ2) is 3.77. The molecule has 0 aliphatic carbocycles. The molecule has 90 valence electrons. The molecule has 0 unspecified atom stereocenters. The molecule has 0 atom stereocenters. The molecule has 0 saturated carbocycles. The van der Waals surface area contributed by atoms with Gasteiger partial charge in [-0.15, -0.1) is 0 Å². The van der Waals surface area contributed by atoms with Crippen LogP contribution in [-0.2, 0) is 0 Å². The predicted octanol–water partition coefficient (Wildman–Crippen LogP) is 3.07. The van der Waals surface area contributed by atoms with Gasteiger partial charge in [0.1, 0.15) is 22.7 Å². The zero-order chi connectivity index (χ0) is 12.7. The lowest BCUT2D eigenvalue weighted by molar-refractivity contribution is 0.465. The van der Waals surface area contributed by atoms with Crippen molar-refractivity contribution in [2.24, 2.45) is 0 Å². The lowest BCUT2D eigenvalue weighted by atomic mass is 10.1. The Morgan fingerprint density at radius 2 is 2.00 bits per heavy atom. The van der Waals surface area contributed by atoms with Gasteiger partial charge in [0.25, 0.3) is 0 Å². The van der Waals surface area contributed by atoms with Gasteiger partial charge in [-0.25, -0.2) is 4.79 Å². The van der Waals surface area contributed by atoms with Crippen LogP contribution >= 0.6 is 0 Å². The first kappa shape index (κ1) is 10.7. The van der Waals surface area contributed by atoms with Crippen LogP contribution in [0.4, 0.5) is 0 Å². The summed E-state index contributed by atoms with van der Waals surface area (Å²) < 4.78 is 10.4. The van der Waals surface area contributed by atoms with Crippen molar-refractivity contribution in [1.82, 2.24) is 0 Å². The summed E-state index contributed by atoms with van der Waals surface area (Å²) in [6, 6.07) is 8.57.